The van der Waals surface area contributed by atoms with Gasteiger partial charge >= 0.3 is 0 Å². The normalized spacial score (nSPS) is 32.0. The van der Waals surface area contributed by atoms with E-state index in [4.69, 9.17) is 0 Å². The molecule has 3 nitrogen and oxygen atoms in total. The monoisotopic (exact) mass is 201 g/mol. The molecule has 1 aromatic carbocycles. The van der Waals surface area contributed by atoms with Gasteiger partial charge in [0.15, 0.2) is 0 Å². The third-order valence-electron chi connectivity index (χ3n) is 3.48. The minimum Gasteiger partial charge on any atom is -0.348 e. The average molecular weight is 201 g/mol. The van der Waals surface area contributed by atoms with E-state index in [0.29, 0.717) is 0 Å². The molecule has 3 rings (SSSR count). The molecule has 1 heterocycles. The lowest BCUT2D eigenvalue weighted by molar-refractivity contribution is -0.127. The van der Waals surface area contributed by atoms with Crippen LogP contribution in [0.4, 0.5) is 0 Å². The Labute approximate surface area is 87.5 Å². The maximum absolute atomic E-state index is 11.5. The number of hydrogen-bond acceptors (Lipinski definition) is 2. The summed E-state index contributed by atoms with van der Waals surface area (Å²) in [6.45, 7) is 0. The summed E-state index contributed by atoms with van der Waals surface area (Å²) < 4.78 is 0. The van der Waals surface area contributed by atoms with Crippen molar-refractivity contribution >= 4 is 12.2 Å². The number of nitrogens with one attached hydrogen (secondary N) is 1. The topological polar surface area (TPSA) is 46.2 Å². The summed E-state index contributed by atoms with van der Waals surface area (Å²) in [5.41, 5.74) is 2.44. The van der Waals surface area contributed by atoms with Crippen LogP contribution in [0.15, 0.2) is 24.3 Å². The zero-order valence-corrected chi connectivity index (χ0v) is 8.14. The number of carbonyl (C=O) groups is 2. The second kappa shape index (κ2) is 2.92. The molecule has 3 unspecified atom stereocenters. The van der Waals surface area contributed by atoms with E-state index in [1.807, 2.05) is 18.2 Å². The van der Waals surface area contributed by atoms with Crippen LogP contribution in [0.1, 0.15) is 17.2 Å². The van der Waals surface area contributed by atoms with Crippen LogP contribution >= 0.6 is 0 Å². The molecule has 15 heavy (non-hydrogen) atoms. The third kappa shape index (κ3) is 1.06. The largest absolute Gasteiger partial charge is 0.348 e. The first-order chi connectivity index (χ1) is 7.31. The van der Waals surface area contributed by atoms with Gasteiger partial charge in [0.1, 0.15) is 6.29 Å². The van der Waals surface area contributed by atoms with E-state index >= 15 is 0 Å². The smallest absolute Gasteiger partial charge is 0.231 e. The molecule has 76 valence electrons. The van der Waals surface area contributed by atoms with Gasteiger partial charge in [0, 0.05) is 5.92 Å². The molecule has 1 N–H and O–H groups in total. The van der Waals surface area contributed by atoms with E-state index < -0.39 is 5.92 Å². The van der Waals surface area contributed by atoms with E-state index in [1.165, 1.54) is 11.1 Å². The minimum atomic E-state index is -0.456. The van der Waals surface area contributed by atoms with E-state index in [-0.39, 0.29) is 17.9 Å². The molecule has 1 fully saturated rings. The predicted octanol–water partition coefficient (Wildman–Crippen LogP) is 0.845. The number of aldehydes is 1. The predicted molar refractivity (Wildman–Crippen MR) is 54.1 cm³/mol. The maximum atomic E-state index is 11.5. The second-order valence-electron chi connectivity index (χ2n) is 4.21. The summed E-state index contributed by atoms with van der Waals surface area (Å²) in [7, 11) is 0. The molecule has 1 aromatic rings. The highest BCUT2D eigenvalue weighted by Gasteiger charge is 2.46. The molecule has 0 radical (unpaired) electrons. The van der Waals surface area contributed by atoms with Gasteiger partial charge in [-0.05, 0) is 17.5 Å². The van der Waals surface area contributed by atoms with Gasteiger partial charge in [-0.25, -0.2) is 0 Å². The van der Waals surface area contributed by atoms with Crippen molar-refractivity contribution in [2.24, 2.45) is 11.8 Å². The van der Waals surface area contributed by atoms with Crippen molar-refractivity contribution in [3.8, 4) is 0 Å². The number of rotatable bonds is 1. The fourth-order valence-corrected chi connectivity index (χ4v) is 2.75. The summed E-state index contributed by atoms with van der Waals surface area (Å²) in [6.07, 6.45) is 1.62. The Morgan fingerprint density at radius 2 is 2.13 bits per heavy atom. The van der Waals surface area contributed by atoms with Gasteiger partial charge in [0.05, 0.1) is 12.0 Å². The van der Waals surface area contributed by atoms with Crippen LogP contribution < -0.4 is 5.32 Å². The van der Waals surface area contributed by atoms with Crippen molar-refractivity contribution in [1.82, 2.24) is 5.32 Å². The highest BCUT2D eigenvalue weighted by atomic mass is 16.2. The summed E-state index contributed by atoms with van der Waals surface area (Å²) >= 11 is 0. The Balaban J connectivity index is 2.04. The Morgan fingerprint density at radius 3 is 2.93 bits per heavy atom. The molecule has 0 spiro atoms. The second-order valence-corrected chi connectivity index (χ2v) is 4.21. The van der Waals surface area contributed by atoms with Crippen LogP contribution in [-0.2, 0) is 16.0 Å². The lowest BCUT2D eigenvalue weighted by atomic mass is 9.92. The van der Waals surface area contributed by atoms with Crippen molar-refractivity contribution < 1.29 is 9.59 Å². The molecular formula is C12H11NO2. The fourth-order valence-electron chi connectivity index (χ4n) is 2.75. The minimum absolute atomic E-state index is 0.0592. The highest BCUT2D eigenvalue weighted by Crippen LogP contribution is 2.43. The quantitative estimate of drug-likeness (QED) is 0.540. The van der Waals surface area contributed by atoms with Crippen LogP contribution in [0.2, 0.25) is 0 Å². The first-order valence-electron chi connectivity index (χ1n) is 5.15. The molecule has 3 heteroatoms. The van der Waals surface area contributed by atoms with Gasteiger partial charge in [0.2, 0.25) is 5.91 Å². The lowest BCUT2D eigenvalue weighted by Crippen LogP contribution is -2.22. The first-order valence-corrected chi connectivity index (χ1v) is 5.15. The van der Waals surface area contributed by atoms with Crippen molar-refractivity contribution in [2.75, 3.05) is 0 Å². The zero-order chi connectivity index (χ0) is 10.4. The van der Waals surface area contributed by atoms with Crippen LogP contribution in [0.3, 0.4) is 0 Å². The van der Waals surface area contributed by atoms with Crippen LogP contribution in [0.25, 0.3) is 0 Å². The maximum Gasteiger partial charge on any atom is 0.231 e. The van der Waals surface area contributed by atoms with Gasteiger partial charge in [-0.3, -0.25) is 4.79 Å². The molecule has 0 saturated carbocycles. The number of hydrogen-bond donors (Lipinski definition) is 1. The van der Waals surface area contributed by atoms with Gasteiger partial charge in [-0.15, -0.1) is 0 Å². The Morgan fingerprint density at radius 1 is 1.33 bits per heavy atom. The highest BCUT2D eigenvalue weighted by molar-refractivity contribution is 5.95. The molecule has 1 saturated heterocycles. The number of benzene rings is 1. The molecule has 0 aromatic heterocycles. The lowest BCUT2D eigenvalue weighted by Gasteiger charge is -2.09. The Hall–Kier alpha value is -1.64. The molecule has 3 atom stereocenters. The van der Waals surface area contributed by atoms with Crippen molar-refractivity contribution in [1.29, 1.82) is 0 Å². The Bertz CT molecular complexity index is 441. The average Bonchev–Trinajstić information content (AvgIpc) is 2.72. The van der Waals surface area contributed by atoms with Crippen LogP contribution in [0.5, 0.6) is 0 Å². The van der Waals surface area contributed by atoms with E-state index in [1.54, 1.807) is 0 Å². The summed E-state index contributed by atoms with van der Waals surface area (Å²) in [5.74, 6) is -0.440. The van der Waals surface area contributed by atoms with Crippen molar-refractivity contribution in [2.45, 2.75) is 12.5 Å². The molecular weight excluding hydrogens is 190 g/mol. The van der Waals surface area contributed by atoms with Crippen LogP contribution in [-0.4, -0.2) is 12.2 Å². The van der Waals surface area contributed by atoms with Crippen molar-refractivity contribution in [3.05, 3.63) is 35.4 Å². The van der Waals surface area contributed by atoms with E-state index in [9.17, 15) is 9.59 Å². The van der Waals surface area contributed by atoms with Gasteiger partial charge in [-0.2, -0.15) is 0 Å². The molecule has 1 aliphatic heterocycles. The summed E-state index contributed by atoms with van der Waals surface area (Å²) in [4.78, 5) is 22.3. The number of amides is 1. The molecule has 1 amide bonds. The van der Waals surface area contributed by atoms with E-state index in [2.05, 4.69) is 11.4 Å². The Kier molecular flexibility index (Phi) is 1.69. The number of fused-ring (bicyclic) bond motifs is 3. The van der Waals surface area contributed by atoms with Crippen molar-refractivity contribution in [3.63, 3.8) is 0 Å². The summed E-state index contributed by atoms with van der Waals surface area (Å²) in [6, 6.07) is 8.14. The number of carbonyl (C=O) groups excluding carboxylic acids is 2. The molecule has 1 aliphatic carbocycles. The fraction of sp³-hybridized carbons (Fsp3) is 0.333. The van der Waals surface area contributed by atoms with Gasteiger partial charge in [0.25, 0.3) is 0 Å². The van der Waals surface area contributed by atoms with Crippen LogP contribution in [0, 0.1) is 11.8 Å². The van der Waals surface area contributed by atoms with E-state index in [0.717, 1.165) is 12.7 Å². The standard InChI is InChI=1S/C12H11NO2/c14-6-10-9-5-7-3-1-2-4-8(7)11(9)13-12(10)15/h1-4,6,9-11H,5H2,(H,13,15). The van der Waals surface area contributed by atoms with Gasteiger partial charge < -0.3 is 10.1 Å². The molecule has 0 bridgehead atoms. The first kappa shape index (κ1) is 8.65. The summed E-state index contributed by atoms with van der Waals surface area (Å²) in [5, 5.41) is 2.90. The molecule has 2 aliphatic rings. The van der Waals surface area contributed by atoms with Gasteiger partial charge in [-0.1, -0.05) is 24.3 Å². The zero-order valence-electron chi connectivity index (χ0n) is 8.14. The SMILES string of the molecule is O=CC1C(=O)NC2c3ccccc3CC12. The third-order valence-corrected chi connectivity index (χ3v) is 3.48.